The highest BCUT2D eigenvalue weighted by atomic mass is 15.2. The third-order valence-electron chi connectivity index (χ3n) is 5.83. The molecule has 114 valence electrons. The maximum Gasteiger partial charge on any atom is 0.0218 e. The molecule has 20 heavy (non-hydrogen) atoms. The topological polar surface area (TPSA) is 29.3 Å². The normalized spacial score (nSPS) is 39.0. The summed E-state index contributed by atoms with van der Waals surface area (Å²) >= 11 is 0. The van der Waals surface area contributed by atoms with Crippen molar-refractivity contribution in [2.45, 2.75) is 76.7 Å². The van der Waals surface area contributed by atoms with Gasteiger partial charge in [0.1, 0.15) is 0 Å². The van der Waals surface area contributed by atoms with Gasteiger partial charge in [-0.25, -0.2) is 0 Å². The van der Waals surface area contributed by atoms with Crippen molar-refractivity contribution in [2.75, 3.05) is 13.1 Å². The summed E-state index contributed by atoms with van der Waals surface area (Å²) in [6.45, 7) is 2.48. The lowest BCUT2D eigenvalue weighted by molar-refractivity contribution is 0.178. The Bertz CT molecular complexity index is 322. The highest BCUT2D eigenvalue weighted by molar-refractivity contribution is 5.07. The van der Waals surface area contributed by atoms with Crippen LogP contribution >= 0.6 is 0 Å². The predicted octanol–water partition coefficient (Wildman–Crippen LogP) is 4.06. The molecule has 0 aromatic heterocycles. The van der Waals surface area contributed by atoms with Crippen molar-refractivity contribution in [1.29, 1.82) is 0 Å². The highest BCUT2D eigenvalue weighted by Crippen LogP contribution is 2.37. The van der Waals surface area contributed by atoms with E-state index in [9.17, 15) is 0 Å². The number of nitrogens with zero attached hydrogens (tertiary/aromatic N) is 1. The maximum atomic E-state index is 6.35. The summed E-state index contributed by atoms with van der Waals surface area (Å²) in [5.74, 6) is 1.54. The summed E-state index contributed by atoms with van der Waals surface area (Å²) < 4.78 is 0. The summed E-state index contributed by atoms with van der Waals surface area (Å²) in [5, 5.41) is 0. The molecule has 3 aliphatic rings. The van der Waals surface area contributed by atoms with E-state index < -0.39 is 0 Å². The Labute approximate surface area is 124 Å². The summed E-state index contributed by atoms with van der Waals surface area (Å²) in [5.41, 5.74) is 8.01. The average Bonchev–Trinajstić information content (AvgIpc) is 2.70. The van der Waals surface area contributed by atoms with Gasteiger partial charge >= 0.3 is 0 Å². The molecule has 1 heterocycles. The molecular weight excluding hydrogens is 244 g/mol. The summed E-state index contributed by atoms with van der Waals surface area (Å²) in [7, 11) is 0. The van der Waals surface area contributed by atoms with Crippen LogP contribution in [0.1, 0.15) is 70.6 Å². The first kappa shape index (κ1) is 14.4. The van der Waals surface area contributed by atoms with Crippen molar-refractivity contribution in [3.8, 4) is 0 Å². The van der Waals surface area contributed by atoms with Gasteiger partial charge in [0.15, 0.2) is 0 Å². The lowest BCUT2D eigenvalue weighted by Crippen LogP contribution is -2.48. The van der Waals surface area contributed by atoms with Crippen molar-refractivity contribution in [1.82, 2.24) is 4.90 Å². The fourth-order valence-corrected chi connectivity index (χ4v) is 4.49. The summed E-state index contributed by atoms with van der Waals surface area (Å²) in [4.78, 5) is 2.71. The molecule has 2 N–H and O–H groups in total. The first-order chi connectivity index (χ1) is 9.84. The number of nitrogens with two attached hydrogens (primary N) is 1. The van der Waals surface area contributed by atoms with E-state index in [1.165, 1.54) is 83.7 Å². The van der Waals surface area contributed by atoms with Gasteiger partial charge in [0.25, 0.3) is 0 Å². The first-order valence-electron chi connectivity index (χ1n) is 9.04. The first-order valence-corrected chi connectivity index (χ1v) is 9.04. The van der Waals surface area contributed by atoms with Gasteiger partial charge in [-0.2, -0.15) is 0 Å². The minimum absolute atomic E-state index is 0.495. The Hall–Kier alpha value is -0.500. The van der Waals surface area contributed by atoms with Gasteiger partial charge in [-0.05, 0) is 50.4 Å². The second-order valence-electron chi connectivity index (χ2n) is 7.29. The second kappa shape index (κ2) is 6.98. The Balaban J connectivity index is 1.62. The van der Waals surface area contributed by atoms with Crippen molar-refractivity contribution in [2.24, 2.45) is 17.6 Å². The minimum atomic E-state index is 0.495. The van der Waals surface area contributed by atoms with E-state index in [4.69, 9.17) is 5.73 Å². The number of hydrogen-bond donors (Lipinski definition) is 1. The molecule has 0 aromatic carbocycles. The van der Waals surface area contributed by atoms with Crippen LogP contribution in [0.5, 0.6) is 0 Å². The summed E-state index contributed by atoms with van der Waals surface area (Å²) in [6, 6.07) is 0.495. The van der Waals surface area contributed by atoms with E-state index in [0.29, 0.717) is 6.04 Å². The van der Waals surface area contributed by atoms with Crippen molar-refractivity contribution < 1.29 is 0 Å². The molecule has 0 spiro atoms. The van der Waals surface area contributed by atoms with Gasteiger partial charge in [-0.15, -0.1) is 0 Å². The van der Waals surface area contributed by atoms with Crippen molar-refractivity contribution >= 4 is 0 Å². The van der Waals surface area contributed by atoms with Crippen LogP contribution in [0.2, 0.25) is 0 Å². The molecule has 2 fully saturated rings. The molecule has 2 aliphatic carbocycles. The monoisotopic (exact) mass is 276 g/mol. The molecule has 0 amide bonds. The molecule has 0 unspecified atom stereocenters. The van der Waals surface area contributed by atoms with E-state index >= 15 is 0 Å². The van der Waals surface area contributed by atoms with E-state index in [2.05, 4.69) is 11.0 Å². The lowest BCUT2D eigenvalue weighted by Gasteiger charge is -2.39. The SMILES string of the molecule is N[C@@H]1[C@@H]2CC[C@H]1CN(/C1=C/CCCCCCCCC1)C2. The fraction of sp³-hybridized carbons (Fsp3) is 0.889. The zero-order chi connectivity index (χ0) is 13.8. The number of likely N-dealkylation sites (tertiary alicyclic amines) is 1. The van der Waals surface area contributed by atoms with E-state index in [0.717, 1.165) is 11.8 Å². The molecule has 1 saturated heterocycles. The fourth-order valence-electron chi connectivity index (χ4n) is 4.49. The molecule has 1 saturated carbocycles. The largest absolute Gasteiger partial charge is 0.374 e. The smallest absolute Gasteiger partial charge is 0.0218 e. The van der Waals surface area contributed by atoms with E-state index in [-0.39, 0.29) is 0 Å². The quantitative estimate of drug-likeness (QED) is 0.782. The van der Waals surface area contributed by atoms with Crippen LogP contribution in [-0.2, 0) is 0 Å². The molecular formula is C18H32N2. The third-order valence-corrected chi connectivity index (χ3v) is 5.83. The third kappa shape index (κ3) is 3.39. The Morgan fingerprint density at radius 1 is 0.850 bits per heavy atom. The van der Waals surface area contributed by atoms with E-state index in [1.54, 1.807) is 5.70 Å². The summed E-state index contributed by atoms with van der Waals surface area (Å²) in [6.07, 6.45) is 17.9. The van der Waals surface area contributed by atoms with Gasteiger partial charge in [0.2, 0.25) is 0 Å². The van der Waals surface area contributed by atoms with Crippen LogP contribution in [0.15, 0.2) is 11.8 Å². The van der Waals surface area contributed by atoms with Crippen LogP contribution in [0.25, 0.3) is 0 Å². The molecule has 0 radical (unpaired) electrons. The maximum absolute atomic E-state index is 6.35. The van der Waals surface area contributed by atoms with Crippen LogP contribution in [0, 0.1) is 11.8 Å². The molecule has 3 atom stereocenters. The van der Waals surface area contributed by atoms with Crippen LogP contribution in [-0.4, -0.2) is 24.0 Å². The number of fused-ring (bicyclic) bond motifs is 2. The van der Waals surface area contributed by atoms with Crippen LogP contribution < -0.4 is 5.73 Å². The number of hydrogen-bond acceptors (Lipinski definition) is 2. The average molecular weight is 276 g/mol. The van der Waals surface area contributed by atoms with Gasteiger partial charge < -0.3 is 10.6 Å². The van der Waals surface area contributed by atoms with Gasteiger partial charge in [-0.1, -0.05) is 38.2 Å². The molecule has 2 heteroatoms. The van der Waals surface area contributed by atoms with Gasteiger partial charge in [-0.3, -0.25) is 0 Å². The van der Waals surface area contributed by atoms with Gasteiger partial charge in [0, 0.05) is 24.8 Å². The molecule has 1 aliphatic heterocycles. The van der Waals surface area contributed by atoms with E-state index in [1.807, 2.05) is 0 Å². The Morgan fingerprint density at radius 2 is 1.45 bits per heavy atom. The lowest BCUT2D eigenvalue weighted by atomic mass is 9.92. The Kier molecular flexibility index (Phi) is 5.04. The molecule has 2 bridgehead atoms. The zero-order valence-corrected chi connectivity index (χ0v) is 13.0. The number of piperidine rings is 1. The second-order valence-corrected chi connectivity index (χ2v) is 7.29. The standard InChI is InChI=1S/C18H32N2/c19-18-15-11-12-16(18)14-20(13-15)17-9-7-5-3-1-2-4-6-8-10-17/h9,15-16,18H,1-8,10-14,19H2/b17-9+/t15-,16+,18-. The van der Waals surface area contributed by atoms with Crippen molar-refractivity contribution in [3.63, 3.8) is 0 Å². The van der Waals surface area contributed by atoms with Crippen LogP contribution in [0.4, 0.5) is 0 Å². The minimum Gasteiger partial charge on any atom is -0.374 e. The Morgan fingerprint density at radius 3 is 2.15 bits per heavy atom. The van der Waals surface area contributed by atoms with Gasteiger partial charge in [0.05, 0.1) is 0 Å². The molecule has 2 nitrogen and oxygen atoms in total. The number of rotatable bonds is 1. The zero-order valence-electron chi connectivity index (χ0n) is 13.0. The van der Waals surface area contributed by atoms with Crippen molar-refractivity contribution in [3.05, 3.63) is 11.8 Å². The molecule has 3 rings (SSSR count). The highest BCUT2D eigenvalue weighted by Gasteiger charge is 2.40. The predicted molar refractivity (Wildman–Crippen MR) is 85.4 cm³/mol. The molecule has 0 aromatic rings. The number of allylic oxidation sites excluding steroid dienone is 2. The van der Waals surface area contributed by atoms with Crippen LogP contribution in [0.3, 0.4) is 0 Å².